The van der Waals surface area contributed by atoms with Crippen molar-refractivity contribution < 1.29 is 0 Å². The van der Waals surface area contributed by atoms with E-state index < -0.39 is 0 Å². The van der Waals surface area contributed by atoms with Crippen LogP contribution in [0.4, 0.5) is 5.95 Å². The van der Waals surface area contributed by atoms with Gasteiger partial charge in [-0.1, -0.05) is 37.8 Å². The molecule has 1 aromatic rings. The molecule has 1 heterocycles. The summed E-state index contributed by atoms with van der Waals surface area (Å²) in [6.45, 7) is 3.07. The Balaban J connectivity index is 2.18. The molecule has 0 radical (unpaired) electrons. The van der Waals surface area contributed by atoms with E-state index in [4.69, 9.17) is 11.6 Å². The van der Waals surface area contributed by atoms with E-state index in [0.29, 0.717) is 11.1 Å². The molecule has 5 heteroatoms. The summed E-state index contributed by atoms with van der Waals surface area (Å²) in [5.74, 6) is 0.508. The monoisotopic (exact) mass is 214 g/mol. The molecule has 78 valence electrons. The van der Waals surface area contributed by atoms with Crippen LogP contribution in [0.5, 0.6) is 0 Å². The van der Waals surface area contributed by atoms with E-state index in [2.05, 4.69) is 27.4 Å². The number of nitrogens with one attached hydrogen (secondary N) is 1. The maximum absolute atomic E-state index is 5.65. The second-order valence-corrected chi connectivity index (χ2v) is 3.48. The fraction of sp³-hybridized carbons (Fsp3) is 0.667. The third-order valence-electron chi connectivity index (χ3n) is 1.84. The van der Waals surface area contributed by atoms with E-state index in [9.17, 15) is 0 Å². The molecule has 0 aromatic carbocycles. The lowest BCUT2D eigenvalue weighted by molar-refractivity contribution is 0.682. The van der Waals surface area contributed by atoms with Crippen molar-refractivity contribution in [2.24, 2.45) is 0 Å². The van der Waals surface area contributed by atoms with E-state index >= 15 is 0 Å². The molecule has 4 nitrogen and oxygen atoms in total. The number of hydrogen-bond donors (Lipinski definition) is 1. The van der Waals surface area contributed by atoms with E-state index in [0.717, 1.165) is 13.0 Å². The van der Waals surface area contributed by atoms with Crippen LogP contribution in [0.15, 0.2) is 6.20 Å². The highest BCUT2D eigenvalue weighted by molar-refractivity contribution is 6.29. The van der Waals surface area contributed by atoms with Gasteiger partial charge in [-0.2, -0.15) is 10.1 Å². The van der Waals surface area contributed by atoms with Crippen molar-refractivity contribution in [1.82, 2.24) is 15.2 Å². The molecular formula is C9H15ClN4. The number of anilines is 1. The molecule has 0 fully saturated rings. The van der Waals surface area contributed by atoms with Gasteiger partial charge in [-0.05, 0) is 6.42 Å². The van der Waals surface area contributed by atoms with Crippen molar-refractivity contribution in [2.45, 2.75) is 32.6 Å². The van der Waals surface area contributed by atoms with Gasteiger partial charge in [-0.25, -0.2) is 0 Å². The van der Waals surface area contributed by atoms with Crippen LogP contribution in [0.2, 0.25) is 5.15 Å². The lowest BCUT2D eigenvalue weighted by atomic mass is 10.2. The molecule has 0 saturated heterocycles. The molecular weight excluding hydrogens is 200 g/mol. The van der Waals surface area contributed by atoms with E-state index in [-0.39, 0.29) is 0 Å². The molecule has 0 saturated carbocycles. The molecule has 1 N–H and O–H groups in total. The summed E-state index contributed by atoms with van der Waals surface area (Å²) in [4.78, 5) is 3.97. The first-order chi connectivity index (χ1) is 6.83. The first kappa shape index (κ1) is 11.2. The highest BCUT2D eigenvalue weighted by Crippen LogP contribution is 2.04. The summed E-state index contributed by atoms with van der Waals surface area (Å²) >= 11 is 5.65. The molecule has 0 spiro atoms. The third kappa shape index (κ3) is 4.37. The highest BCUT2D eigenvalue weighted by Gasteiger charge is 1.96. The van der Waals surface area contributed by atoms with Crippen molar-refractivity contribution in [3.05, 3.63) is 11.3 Å². The van der Waals surface area contributed by atoms with Crippen LogP contribution in [0.3, 0.4) is 0 Å². The second kappa shape index (κ2) is 6.54. The molecule has 0 bridgehead atoms. The summed E-state index contributed by atoms with van der Waals surface area (Å²) < 4.78 is 0. The number of aromatic nitrogens is 3. The molecule has 0 atom stereocenters. The van der Waals surface area contributed by atoms with E-state index in [1.54, 1.807) is 0 Å². The van der Waals surface area contributed by atoms with Gasteiger partial charge < -0.3 is 5.32 Å². The summed E-state index contributed by atoms with van der Waals surface area (Å²) in [7, 11) is 0. The highest BCUT2D eigenvalue weighted by atomic mass is 35.5. The topological polar surface area (TPSA) is 50.7 Å². The molecule has 1 rings (SSSR count). The second-order valence-electron chi connectivity index (χ2n) is 3.09. The normalized spacial score (nSPS) is 10.1. The van der Waals surface area contributed by atoms with Gasteiger partial charge in [0.05, 0.1) is 6.20 Å². The first-order valence-corrected chi connectivity index (χ1v) is 5.30. The Kier molecular flexibility index (Phi) is 5.22. The van der Waals surface area contributed by atoms with E-state index in [1.165, 1.54) is 25.5 Å². The van der Waals surface area contributed by atoms with Crippen molar-refractivity contribution in [3.63, 3.8) is 0 Å². The Bertz CT molecular complexity index is 267. The quantitative estimate of drug-likeness (QED) is 0.740. The molecule has 1 aromatic heterocycles. The zero-order valence-electron chi connectivity index (χ0n) is 8.33. The van der Waals surface area contributed by atoms with Gasteiger partial charge in [0.2, 0.25) is 5.95 Å². The minimum atomic E-state index is 0.371. The third-order valence-corrected chi connectivity index (χ3v) is 2.02. The van der Waals surface area contributed by atoms with Gasteiger partial charge in [0, 0.05) is 6.54 Å². The predicted octanol–water partition coefficient (Wildman–Crippen LogP) is 2.52. The smallest absolute Gasteiger partial charge is 0.244 e. The summed E-state index contributed by atoms with van der Waals surface area (Å²) in [5.41, 5.74) is 0. The lowest BCUT2D eigenvalue weighted by Crippen LogP contribution is -2.06. The molecule has 0 aliphatic carbocycles. The zero-order chi connectivity index (χ0) is 10.2. The van der Waals surface area contributed by atoms with Crippen LogP contribution < -0.4 is 5.32 Å². The average Bonchev–Trinajstić information content (AvgIpc) is 2.18. The van der Waals surface area contributed by atoms with Crippen LogP contribution >= 0.6 is 11.6 Å². The minimum Gasteiger partial charge on any atom is -0.353 e. The molecule has 14 heavy (non-hydrogen) atoms. The maximum atomic E-state index is 5.65. The minimum absolute atomic E-state index is 0.371. The van der Waals surface area contributed by atoms with Gasteiger partial charge in [-0.15, -0.1) is 5.10 Å². The van der Waals surface area contributed by atoms with Crippen molar-refractivity contribution in [1.29, 1.82) is 0 Å². The number of rotatable bonds is 6. The first-order valence-electron chi connectivity index (χ1n) is 4.92. The van der Waals surface area contributed by atoms with Gasteiger partial charge >= 0.3 is 0 Å². The van der Waals surface area contributed by atoms with Gasteiger partial charge in [0.15, 0.2) is 5.15 Å². The zero-order valence-corrected chi connectivity index (χ0v) is 9.09. The molecule has 0 amide bonds. The Morgan fingerprint density at radius 2 is 2.21 bits per heavy atom. The Hall–Kier alpha value is -0.900. The molecule has 0 aliphatic rings. The molecule has 0 aliphatic heterocycles. The maximum Gasteiger partial charge on any atom is 0.244 e. The van der Waals surface area contributed by atoms with Crippen molar-refractivity contribution in [3.8, 4) is 0 Å². The largest absolute Gasteiger partial charge is 0.353 e. The molecule has 0 unspecified atom stereocenters. The van der Waals surface area contributed by atoms with Gasteiger partial charge in [0.1, 0.15) is 0 Å². The standard InChI is InChI=1S/C9H15ClN4/c1-2-3-4-5-6-11-9-13-8(10)7-12-14-9/h7H,2-6H2,1H3,(H,11,13,14). The summed E-state index contributed by atoms with van der Waals surface area (Å²) in [6.07, 6.45) is 6.30. The predicted molar refractivity (Wildman–Crippen MR) is 57.5 cm³/mol. The van der Waals surface area contributed by atoms with Gasteiger partial charge in [-0.3, -0.25) is 0 Å². The summed E-state index contributed by atoms with van der Waals surface area (Å²) in [5, 5.41) is 10.9. The van der Waals surface area contributed by atoms with Gasteiger partial charge in [0.25, 0.3) is 0 Å². The summed E-state index contributed by atoms with van der Waals surface area (Å²) in [6, 6.07) is 0. The fourth-order valence-electron chi connectivity index (χ4n) is 1.11. The lowest BCUT2D eigenvalue weighted by Gasteiger charge is -2.02. The van der Waals surface area contributed by atoms with Crippen LogP contribution in [0.1, 0.15) is 32.6 Å². The number of halogens is 1. The number of nitrogens with zero attached hydrogens (tertiary/aromatic N) is 3. The van der Waals surface area contributed by atoms with Crippen LogP contribution in [0, 0.1) is 0 Å². The van der Waals surface area contributed by atoms with Crippen molar-refractivity contribution in [2.75, 3.05) is 11.9 Å². The Labute approximate surface area is 89.1 Å². The van der Waals surface area contributed by atoms with Crippen LogP contribution in [-0.2, 0) is 0 Å². The van der Waals surface area contributed by atoms with Crippen LogP contribution in [-0.4, -0.2) is 21.7 Å². The SMILES string of the molecule is CCCCCCNc1nncc(Cl)n1. The Morgan fingerprint density at radius 3 is 2.93 bits per heavy atom. The number of hydrogen-bond acceptors (Lipinski definition) is 4. The fourth-order valence-corrected chi connectivity index (χ4v) is 1.23. The Morgan fingerprint density at radius 1 is 1.36 bits per heavy atom. The average molecular weight is 215 g/mol. The van der Waals surface area contributed by atoms with E-state index in [1.807, 2.05) is 0 Å². The van der Waals surface area contributed by atoms with Crippen molar-refractivity contribution >= 4 is 17.5 Å². The van der Waals surface area contributed by atoms with Crippen LogP contribution in [0.25, 0.3) is 0 Å². The number of unbranched alkanes of at least 4 members (excludes halogenated alkanes) is 3.